The van der Waals surface area contributed by atoms with Crippen molar-refractivity contribution in [3.63, 3.8) is 0 Å². The second kappa shape index (κ2) is 6.46. The SMILES string of the molecule is CCNCc1oc(CN2CCc3ccccc3C2)cc1C. The summed E-state index contributed by atoms with van der Waals surface area (Å²) in [5.41, 5.74) is 4.21. The molecule has 0 saturated carbocycles. The molecular weight excluding hydrogens is 260 g/mol. The van der Waals surface area contributed by atoms with E-state index in [1.54, 1.807) is 0 Å². The third-order valence-corrected chi connectivity index (χ3v) is 4.20. The standard InChI is InChI=1S/C18H24N2O/c1-3-19-11-18-14(2)10-17(21-18)13-20-9-8-15-6-4-5-7-16(15)12-20/h4-7,10,19H,3,8-9,11-13H2,1-2H3. The van der Waals surface area contributed by atoms with E-state index in [9.17, 15) is 0 Å². The average Bonchev–Trinajstić information content (AvgIpc) is 2.84. The Hall–Kier alpha value is -1.58. The van der Waals surface area contributed by atoms with Crippen LogP contribution < -0.4 is 5.32 Å². The maximum absolute atomic E-state index is 6.00. The molecular formula is C18H24N2O. The molecule has 0 saturated heterocycles. The van der Waals surface area contributed by atoms with Gasteiger partial charge in [-0.1, -0.05) is 31.2 Å². The van der Waals surface area contributed by atoms with Gasteiger partial charge in [-0.25, -0.2) is 0 Å². The van der Waals surface area contributed by atoms with Gasteiger partial charge in [-0.2, -0.15) is 0 Å². The predicted molar refractivity (Wildman–Crippen MR) is 85.1 cm³/mol. The monoisotopic (exact) mass is 284 g/mol. The number of benzene rings is 1. The highest BCUT2D eigenvalue weighted by Crippen LogP contribution is 2.22. The van der Waals surface area contributed by atoms with E-state index in [0.29, 0.717) is 0 Å². The molecule has 0 aliphatic carbocycles. The first-order valence-electron chi connectivity index (χ1n) is 7.84. The molecule has 1 N–H and O–H groups in total. The van der Waals surface area contributed by atoms with Crippen molar-refractivity contribution in [2.24, 2.45) is 0 Å². The summed E-state index contributed by atoms with van der Waals surface area (Å²) in [6.45, 7) is 9.08. The molecule has 112 valence electrons. The van der Waals surface area contributed by atoms with Gasteiger partial charge in [0.2, 0.25) is 0 Å². The average molecular weight is 284 g/mol. The lowest BCUT2D eigenvalue weighted by Gasteiger charge is -2.27. The van der Waals surface area contributed by atoms with Crippen molar-refractivity contribution in [3.05, 3.63) is 58.5 Å². The fourth-order valence-corrected chi connectivity index (χ4v) is 2.99. The van der Waals surface area contributed by atoms with Crippen LogP contribution in [0.4, 0.5) is 0 Å². The Labute approximate surface area is 127 Å². The molecule has 21 heavy (non-hydrogen) atoms. The van der Waals surface area contributed by atoms with Gasteiger partial charge < -0.3 is 9.73 Å². The Balaban J connectivity index is 1.65. The van der Waals surface area contributed by atoms with Crippen molar-refractivity contribution in [1.29, 1.82) is 0 Å². The molecule has 3 nitrogen and oxygen atoms in total. The Morgan fingerprint density at radius 3 is 2.86 bits per heavy atom. The lowest BCUT2D eigenvalue weighted by Crippen LogP contribution is -2.29. The Morgan fingerprint density at radius 1 is 1.24 bits per heavy atom. The lowest BCUT2D eigenvalue weighted by atomic mass is 10.00. The molecule has 1 aromatic carbocycles. The molecule has 0 atom stereocenters. The first-order valence-corrected chi connectivity index (χ1v) is 7.84. The minimum Gasteiger partial charge on any atom is -0.463 e. The molecule has 2 heterocycles. The Kier molecular flexibility index (Phi) is 4.42. The van der Waals surface area contributed by atoms with E-state index in [2.05, 4.69) is 54.4 Å². The van der Waals surface area contributed by atoms with Crippen LogP contribution in [-0.4, -0.2) is 18.0 Å². The third kappa shape index (κ3) is 3.36. The number of aryl methyl sites for hydroxylation is 1. The van der Waals surface area contributed by atoms with E-state index in [1.807, 2.05) is 0 Å². The van der Waals surface area contributed by atoms with E-state index in [4.69, 9.17) is 4.42 Å². The number of nitrogens with one attached hydrogen (secondary N) is 1. The zero-order chi connectivity index (χ0) is 14.7. The van der Waals surface area contributed by atoms with Gasteiger partial charge in [0.1, 0.15) is 11.5 Å². The highest BCUT2D eigenvalue weighted by molar-refractivity contribution is 5.29. The third-order valence-electron chi connectivity index (χ3n) is 4.20. The first kappa shape index (κ1) is 14.4. The second-order valence-electron chi connectivity index (χ2n) is 5.83. The van der Waals surface area contributed by atoms with E-state index in [-0.39, 0.29) is 0 Å². The van der Waals surface area contributed by atoms with Gasteiger partial charge in [-0.05, 0) is 42.6 Å². The van der Waals surface area contributed by atoms with E-state index < -0.39 is 0 Å². The number of furan rings is 1. The van der Waals surface area contributed by atoms with Crippen LogP contribution in [0.5, 0.6) is 0 Å². The fraction of sp³-hybridized carbons (Fsp3) is 0.444. The minimum absolute atomic E-state index is 0.825. The van der Waals surface area contributed by atoms with Crippen LogP contribution in [0.2, 0.25) is 0 Å². The van der Waals surface area contributed by atoms with Crippen LogP contribution in [-0.2, 0) is 26.1 Å². The van der Waals surface area contributed by atoms with Crippen LogP contribution in [0.25, 0.3) is 0 Å². The highest BCUT2D eigenvalue weighted by atomic mass is 16.3. The predicted octanol–water partition coefficient (Wildman–Crippen LogP) is 3.26. The molecule has 1 aromatic heterocycles. The molecule has 1 aliphatic heterocycles. The summed E-state index contributed by atoms with van der Waals surface area (Å²) >= 11 is 0. The normalized spacial score (nSPS) is 15.1. The summed E-state index contributed by atoms with van der Waals surface area (Å²) in [5.74, 6) is 2.16. The summed E-state index contributed by atoms with van der Waals surface area (Å²) in [5, 5.41) is 3.33. The topological polar surface area (TPSA) is 28.4 Å². The van der Waals surface area contributed by atoms with Crippen LogP contribution in [0.1, 0.15) is 35.1 Å². The summed E-state index contributed by atoms with van der Waals surface area (Å²) in [6.07, 6.45) is 1.14. The summed E-state index contributed by atoms with van der Waals surface area (Å²) in [6, 6.07) is 10.9. The van der Waals surface area contributed by atoms with Crippen molar-refractivity contribution in [1.82, 2.24) is 10.2 Å². The smallest absolute Gasteiger partial charge is 0.120 e. The molecule has 3 rings (SSSR count). The Morgan fingerprint density at radius 2 is 2.05 bits per heavy atom. The van der Waals surface area contributed by atoms with Crippen LogP contribution in [0, 0.1) is 6.92 Å². The van der Waals surface area contributed by atoms with Crippen molar-refractivity contribution >= 4 is 0 Å². The second-order valence-corrected chi connectivity index (χ2v) is 5.83. The zero-order valence-electron chi connectivity index (χ0n) is 13.0. The molecule has 1 aliphatic rings. The lowest BCUT2D eigenvalue weighted by molar-refractivity contribution is 0.223. The maximum atomic E-state index is 6.00. The number of nitrogens with zero attached hydrogens (tertiary/aromatic N) is 1. The number of hydrogen-bond donors (Lipinski definition) is 1. The molecule has 0 fully saturated rings. The molecule has 0 spiro atoms. The molecule has 0 unspecified atom stereocenters. The maximum Gasteiger partial charge on any atom is 0.120 e. The van der Waals surface area contributed by atoms with Crippen LogP contribution in [0.3, 0.4) is 0 Å². The van der Waals surface area contributed by atoms with Crippen molar-refractivity contribution < 1.29 is 4.42 Å². The largest absolute Gasteiger partial charge is 0.463 e. The van der Waals surface area contributed by atoms with Crippen LogP contribution >= 0.6 is 0 Å². The summed E-state index contributed by atoms with van der Waals surface area (Å²) in [7, 11) is 0. The number of rotatable bonds is 5. The molecule has 0 bridgehead atoms. The van der Waals surface area contributed by atoms with Gasteiger partial charge in [0, 0.05) is 13.1 Å². The highest BCUT2D eigenvalue weighted by Gasteiger charge is 2.17. The van der Waals surface area contributed by atoms with Gasteiger partial charge in [0.05, 0.1) is 13.1 Å². The fourth-order valence-electron chi connectivity index (χ4n) is 2.99. The molecule has 0 radical (unpaired) electrons. The van der Waals surface area contributed by atoms with Gasteiger partial charge in [0.15, 0.2) is 0 Å². The molecule has 3 heteroatoms. The quantitative estimate of drug-likeness (QED) is 0.913. The van der Waals surface area contributed by atoms with Crippen molar-refractivity contribution in [3.8, 4) is 0 Å². The number of fused-ring (bicyclic) bond motifs is 1. The Bertz CT molecular complexity index is 603. The van der Waals surface area contributed by atoms with Gasteiger partial charge in [-0.3, -0.25) is 4.90 Å². The zero-order valence-corrected chi connectivity index (χ0v) is 13.0. The van der Waals surface area contributed by atoms with Gasteiger partial charge >= 0.3 is 0 Å². The van der Waals surface area contributed by atoms with Crippen molar-refractivity contribution in [2.75, 3.05) is 13.1 Å². The molecule has 0 amide bonds. The van der Waals surface area contributed by atoms with E-state index in [1.165, 1.54) is 16.7 Å². The molecule has 2 aromatic rings. The van der Waals surface area contributed by atoms with E-state index >= 15 is 0 Å². The van der Waals surface area contributed by atoms with Gasteiger partial charge in [0.25, 0.3) is 0 Å². The van der Waals surface area contributed by atoms with Gasteiger partial charge in [-0.15, -0.1) is 0 Å². The minimum atomic E-state index is 0.825. The van der Waals surface area contributed by atoms with E-state index in [0.717, 1.165) is 50.7 Å². The summed E-state index contributed by atoms with van der Waals surface area (Å²) < 4.78 is 6.00. The van der Waals surface area contributed by atoms with Crippen molar-refractivity contribution in [2.45, 2.75) is 39.9 Å². The number of hydrogen-bond acceptors (Lipinski definition) is 3. The summed E-state index contributed by atoms with van der Waals surface area (Å²) in [4.78, 5) is 2.47. The van der Waals surface area contributed by atoms with Crippen LogP contribution in [0.15, 0.2) is 34.7 Å². The first-order chi connectivity index (χ1) is 10.3.